The van der Waals surface area contributed by atoms with Crippen LogP contribution in [0.25, 0.3) is 0 Å². The Morgan fingerprint density at radius 2 is 1.93 bits per heavy atom. The van der Waals surface area contributed by atoms with Crippen molar-refractivity contribution in [1.82, 2.24) is 10.2 Å². The van der Waals surface area contributed by atoms with E-state index < -0.39 is 17.3 Å². The minimum atomic E-state index is -4.36. The lowest BCUT2D eigenvalue weighted by molar-refractivity contribution is -0.137. The third-order valence-corrected chi connectivity index (χ3v) is 6.41. The number of benzene rings is 1. The standard InChI is InChI=1S/C20H29F3N2O.2ClH/c1-14(15-6-5-7-16(12-15)20(21,22)23)19(26)10-4-3-8-18(19)25-11-9-17(13-25)24-2;;/h5-7,12,14,17-18,24,26H,3-4,8-11,13H2,1-2H3;2*1H/t14?,17-,18?,19?;;/m0../s1. The molecule has 162 valence electrons. The highest BCUT2D eigenvalue weighted by atomic mass is 35.5. The lowest BCUT2D eigenvalue weighted by atomic mass is 9.70. The zero-order chi connectivity index (χ0) is 18.9. The number of aliphatic hydroxyl groups is 1. The molecule has 2 fully saturated rings. The average Bonchev–Trinajstić information content (AvgIpc) is 3.09. The van der Waals surface area contributed by atoms with E-state index in [1.807, 2.05) is 14.0 Å². The molecule has 1 aromatic rings. The summed E-state index contributed by atoms with van der Waals surface area (Å²) in [6.07, 6.45) is 0.189. The van der Waals surface area contributed by atoms with Gasteiger partial charge >= 0.3 is 6.18 Å². The molecule has 0 radical (unpaired) electrons. The molecule has 1 saturated heterocycles. The molecule has 0 amide bonds. The summed E-state index contributed by atoms with van der Waals surface area (Å²) in [5.74, 6) is -0.344. The molecule has 1 aromatic carbocycles. The highest BCUT2D eigenvalue weighted by molar-refractivity contribution is 5.85. The molecule has 1 aliphatic carbocycles. The van der Waals surface area contributed by atoms with Crippen LogP contribution in [0.1, 0.15) is 56.1 Å². The molecular formula is C20H31Cl2F3N2O. The molecule has 1 saturated carbocycles. The average molecular weight is 443 g/mol. The van der Waals surface area contributed by atoms with Gasteiger partial charge in [-0.1, -0.05) is 38.0 Å². The molecular weight excluding hydrogens is 412 g/mol. The molecule has 2 aliphatic rings. The molecule has 0 spiro atoms. The van der Waals surface area contributed by atoms with Crippen LogP contribution in [0.3, 0.4) is 0 Å². The summed E-state index contributed by atoms with van der Waals surface area (Å²) in [5.41, 5.74) is -1.07. The fourth-order valence-corrected chi connectivity index (χ4v) is 4.75. The van der Waals surface area contributed by atoms with Crippen molar-refractivity contribution < 1.29 is 18.3 Å². The topological polar surface area (TPSA) is 35.5 Å². The van der Waals surface area contributed by atoms with E-state index in [1.54, 1.807) is 6.07 Å². The van der Waals surface area contributed by atoms with E-state index in [-0.39, 0.29) is 36.8 Å². The Hall–Kier alpha value is -0.530. The van der Waals surface area contributed by atoms with E-state index >= 15 is 0 Å². The third kappa shape index (κ3) is 5.14. The van der Waals surface area contributed by atoms with Gasteiger partial charge in [-0.05, 0) is 37.9 Å². The van der Waals surface area contributed by atoms with E-state index in [9.17, 15) is 18.3 Å². The zero-order valence-electron chi connectivity index (χ0n) is 16.3. The molecule has 3 unspecified atom stereocenters. The largest absolute Gasteiger partial charge is 0.416 e. The molecule has 28 heavy (non-hydrogen) atoms. The fraction of sp³-hybridized carbons (Fsp3) is 0.700. The first-order valence-electron chi connectivity index (χ1n) is 9.56. The lowest BCUT2D eigenvalue weighted by Gasteiger charge is -2.48. The van der Waals surface area contributed by atoms with Gasteiger partial charge in [-0.15, -0.1) is 24.8 Å². The number of likely N-dealkylation sites (tertiary alicyclic amines) is 1. The van der Waals surface area contributed by atoms with Crippen molar-refractivity contribution in [2.24, 2.45) is 0 Å². The molecule has 3 nitrogen and oxygen atoms in total. The highest BCUT2D eigenvalue weighted by Crippen LogP contribution is 2.44. The minimum absolute atomic E-state index is 0. The Morgan fingerprint density at radius 3 is 2.54 bits per heavy atom. The predicted octanol–water partition coefficient (Wildman–Crippen LogP) is 4.62. The summed E-state index contributed by atoms with van der Waals surface area (Å²) in [4.78, 5) is 2.34. The Morgan fingerprint density at radius 1 is 1.21 bits per heavy atom. The minimum Gasteiger partial charge on any atom is -0.388 e. The molecule has 1 heterocycles. The van der Waals surface area contributed by atoms with Crippen LogP contribution in [0.2, 0.25) is 0 Å². The maximum absolute atomic E-state index is 13.1. The van der Waals surface area contributed by atoms with Crippen LogP contribution >= 0.6 is 24.8 Å². The second-order valence-electron chi connectivity index (χ2n) is 7.87. The number of alkyl halides is 3. The molecule has 2 N–H and O–H groups in total. The Bertz CT molecular complexity index is 632. The van der Waals surface area contributed by atoms with Crippen LogP contribution in [0.15, 0.2) is 24.3 Å². The quantitative estimate of drug-likeness (QED) is 0.713. The van der Waals surface area contributed by atoms with Crippen molar-refractivity contribution in [3.63, 3.8) is 0 Å². The molecule has 1 aliphatic heterocycles. The van der Waals surface area contributed by atoms with Crippen LogP contribution in [0, 0.1) is 0 Å². The van der Waals surface area contributed by atoms with E-state index in [1.165, 1.54) is 12.1 Å². The monoisotopic (exact) mass is 442 g/mol. The summed E-state index contributed by atoms with van der Waals surface area (Å²) in [6.45, 7) is 3.69. The maximum Gasteiger partial charge on any atom is 0.416 e. The first-order valence-corrected chi connectivity index (χ1v) is 9.56. The number of nitrogens with zero attached hydrogens (tertiary/aromatic N) is 1. The second kappa shape index (κ2) is 9.98. The number of halogens is 5. The normalized spacial score (nSPS) is 29.6. The van der Waals surface area contributed by atoms with Crippen LogP contribution in [-0.4, -0.2) is 47.8 Å². The van der Waals surface area contributed by atoms with Crippen LogP contribution in [0.4, 0.5) is 13.2 Å². The number of hydrogen-bond acceptors (Lipinski definition) is 3. The van der Waals surface area contributed by atoms with Gasteiger partial charge in [0.1, 0.15) is 0 Å². The summed E-state index contributed by atoms with van der Waals surface area (Å²) in [7, 11) is 1.95. The summed E-state index contributed by atoms with van der Waals surface area (Å²) in [6, 6.07) is 5.88. The van der Waals surface area contributed by atoms with Gasteiger partial charge < -0.3 is 10.4 Å². The number of rotatable bonds is 4. The van der Waals surface area contributed by atoms with Crippen LogP contribution < -0.4 is 5.32 Å². The zero-order valence-corrected chi connectivity index (χ0v) is 18.0. The van der Waals surface area contributed by atoms with Gasteiger partial charge in [-0.3, -0.25) is 4.90 Å². The van der Waals surface area contributed by atoms with Gasteiger partial charge in [0.05, 0.1) is 11.2 Å². The third-order valence-electron chi connectivity index (χ3n) is 6.41. The SMILES string of the molecule is CN[C@H]1CCN(C2CCCCC2(O)C(C)c2cccc(C(F)(F)F)c2)C1.Cl.Cl. The van der Waals surface area contributed by atoms with E-state index in [0.29, 0.717) is 18.0 Å². The highest BCUT2D eigenvalue weighted by Gasteiger charge is 2.48. The molecule has 8 heteroatoms. The van der Waals surface area contributed by atoms with Crippen molar-refractivity contribution in [2.45, 2.75) is 68.8 Å². The van der Waals surface area contributed by atoms with Crippen molar-refractivity contribution in [2.75, 3.05) is 20.1 Å². The van der Waals surface area contributed by atoms with Gasteiger partial charge in [-0.2, -0.15) is 13.2 Å². The van der Waals surface area contributed by atoms with E-state index in [0.717, 1.165) is 44.8 Å². The number of likely N-dealkylation sites (N-methyl/N-ethyl adjacent to an activating group) is 1. The molecule has 0 aromatic heterocycles. The summed E-state index contributed by atoms with van der Waals surface area (Å²) in [5, 5.41) is 14.9. The predicted molar refractivity (Wildman–Crippen MR) is 111 cm³/mol. The van der Waals surface area contributed by atoms with Crippen molar-refractivity contribution in [1.29, 1.82) is 0 Å². The number of nitrogens with one attached hydrogen (secondary N) is 1. The first kappa shape index (κ1) is 25.5. The smallest absolute Gasteiger partial charge is 0.388 e. The Labute approximate surface area is 177 Å². The maximum atomic E-state index is 13.1. The van der Waals surface area contributed by atoms with Crippen molar-refractivity contribution in [3.8, 4) is 0 Å². The van der Waals surface area contributed by atoms with E-state index in [2.05, 4.69) is 10.2 Å². The summed E-state index contributed by atoms with van der Waals surface area (Å²) < 4.78 is 39.3. The van der Waals surface area contributed by atoms with Crippen molar-refractivity contribution in [3.05, 3.63) is 35.4 Å². The summed E-state index contributed by atoms with van der Waals surface area (Å²) >= 11 is 0. The van der Waals surface area contributed by atoms with E-state index in [4.69, 9.17) is 0 Å². The van der Waals surface area contributed by atoms with Gasteiger partial charge in [0.15, 0.2) is 0 Å². The first-order chi connectivity index (χ1) is 12.3. The van der Waals surface area contributed by atoms with Crippen LogP contribution in [-0.2, 0) is 6.18 Å². The van der Waals surface area contributed by atoms with Gasteiger partial charge in [0, 0.05) is 31.1 Å². The number of hydrogen-bond donors (Lipinski definition) is 2. The fourth-order valence-electron chi connectivity index (χ4n) is 4.75. The van der Waals surface area contributed by atoms with Gasteiger partial charge in [0.2, 0.25) is 0 Å². The molecule has 3 rings (SSSR count). The van der Waals surface area contributed by atoms with Crippen molar-refractivity contribution >= 4 is 24.8 Å². The lowest BCUT2D eigenvalue weighted by Crippen LogP contribution is -2.57. The second-order valence-corrected chi connectivity index (χ2v) is 7.87. The van der Waals surface area contributed by atoms with Gasteiger partial charge in [-0.25, -0.2) is 0 Å². The van der Waals surface area contributed by atoms with Crippen LogP contribution in [0.5, 0.6) is 0 Å². The Kier molecular flexibility index (Phi) is 9.10. The Balaban J connectivity index is 0.00000196. The molecule has 4 atom stereocenters. The van der Waals surface area contributed by atoms with Gasteiger partial charge in [0.25, 0.3) is 0 Å². The molecule has 0 bridgehead atoms.